The fourth-order valence-corrected chi connectivity index (χ4v) is 1.44. The predicted molar refractivity (Wildman–Crippen MR) is 66.7 cm³/mol. The van der Waals surface area contributed by atoms with Crippen molar-refractivity contribution in [3.63, 3.8) is 0 Å². The number of hydrogen-bond donors (Lipinski definition) is 2. The van der Waals surface area contributed by atoms with Crippen molar-refractivity contribution in [2.75, 3.05) is 11.9 Å². The molecule has 6 heteroatoms. The van der Waals surface area contributed by atoms with E-state index in [1.54, 1.807) is 10.9 Å². The molecule has 0 aliphatic carbocycles. The first-order valence-corrected chi connectivity index (χ1v) is 6.11. The summed E-state index contributed by atoms with van der Waals surface area (Å²) in [4.78, 5) is 11.7. The second kappa shape index (κ2) is 6.88. The van der Waals surface area contributed by atoms with E-state index in [0.29, 0.717) is 6.54 Å². The lowest BCUT2D eigenvalue weighted by atomic mass is 10.3. The van der Waals surface area contributed by atoms with Crippen LogP contribution in [-0.2, 0) is 11.3 Å². The molecule has 1 aromatic rings. The van der Waals surface area contributed by atoms with Crippen molar-refractivity contribution >= 4 is 11.7 Å². The van der Waals surface area contributed by atoms with Gasteiger partial charge in [-0.25, -0.2) is 4.68 Å². The van der Waals surface area contributed by atoms with Crippen LogP contribution in [0.15, 0.2) is 6.20 Å². The van der Waals surface area contributed by atoms with E-state index in [0.717, 1.165) is 25.2 Å². The van der Waals surface area contributed by atoms with E-state index in [2.05, 4.69) is 27.9 Å². The molecule has 1 atom stereocenters. The van der Waals surface area contributed by atoms with Gasteiger partial charge in [0.25, 0.3) is 0 Å². The molecule has 0 bridgehead atoms. The SMILES string of the molecule is CCCNC(=O)C(C)Nc1cnnn1CCC. The van der Waals surface area contributed by atoms with Gasteiger partial charge in [0, 0.05) is 13.1 Å². The minimum absolute atomic E-state index is 0.00361. The molecule has 96 valence electrons. The predicted octanol–water partition coefficient (Wildman–Crippen LogP) is 1.01. The van der Waals surface area contributed by atoms with Crippen molar-refractivity contribution in [1.29, 1.82) is 0 Å². The highest BCUT2D eigenvalue weighted by Gasteiger charge is 2.13. The molecule has 0 saturated heterocycles. The zero-order valence-corrected chi connectivity index (χ0v) is 10.7. The van der Waals surface area contributed by atoms with Crippen molar-refractivity contribution in [2.45, 2.75) is 46.2 Å². The highest BCUT2D eigenvalue weighted by molar-refractivity contribution is 5.83. The smallest absolute Gasteiger partial charge is 0.242 e. The van der Waals surface area contributed by atoms with Crippen molar-refractivity contribution in [1.82, 2.24) is 20.3 Å². The summed E-state index contributed by atoms with van der Waals surface area (Å²) in [5.41, 5.74) is 0. The maximum absolute atomic E-state index is 11.7. The Bertz CT molecular complexity index is 349. The first-order valence-electron chi connectivity index (χ1n) is 6.11. The van der Waals surface area contributed by atoms with Crippen molar-refractivity contribution in [2.24, 2.45) is 0 Å². The van der Waals surface area contributed by atoms with Gasteiger partial charge in [-0.3, -0.25) is 4.79 Å². The van der Waals surface area contributed by atoms with Crippen LogP contribution in [0.5, 0.6) is 0 Å². The number of anilines is 1. The third-order valence-electron chi connectivity index (χ3n) is 2.36. The van der Waals surface area contributed by atoms with E-state index in [-0.39, 0.29) is 11.9 Å². The Morgan fingerprint density at radius 2 is 2.24 bits per heavy atom. The first kappa shape index (κ1) is 13.5. The molecule has 17 heavy (non-hydrogen) atoms. The van der Waals surface area contributed by atoms with Gasteiger partial charge in [-0.15, -0.1) is 5.10 Å². The normalized spacial score (nSPS) is 12.2. The summed E-state index contributed by atoms with van der Waals surface area (Å²) in [6.07, 6.45) is 3.56. The standard InChI is InChI=1S/C11H21N5O/c1-4-6-12-11(17)9(3)14-10-8-13-15-16(10)7-5-2/h8-9,14H,4-7H2,1-3H3,(H,12,17). The van der Waals surface area contributed by atoms with Crippen LogP contribution in [0.25, 0.3) is 0 Å². The molecular formula is C11H21N5O. The van der Waals surface area contributed by atoms with Gasteiger partial charge >= 0.3 is 0 Å². The Kier molecular flexibility index (Phi) is 5.45. The van der Waals surface area contributed by atoms with Crippen LogP contribution in [0, 0.1) is 0 Å². The molecule has 1 amide bonds. The molecule has 0 saturated carbocycles. The van der Waals surface area contributed by atoms with E-state index in [1.165, 1.54) is 0 Å². The third kappa shape index (κ3) is 4.05. The molecule has 2 N–H and O–H groups in total. The summed E-state index contributed by atoms with van der Waals surface area (Å²) in [7, 11) is 0. The minimum atomic E-state index is -0.282. The number of aryl methyl sites for hydroxylation is 1. The van der Waals surface area contributed by atoms with Crippen molar-refractivity contribution < 1.29 is 4.79 Å². The summed E-state index contributed by atoms with van der Waals surface area (Å²) in [6, 6.07) is -0.282. The molecular weight excluding hydrogens is 218 g/mol. The Morgan fingerprint density at radius 1 is 1.47 bits per heavy atom. The third-order valence-corrected chi connectivity index (χ3v) is 2.36. The molecule has 1 rings (SSSR count). The molecule has 6 nitrogen and oxygen atoms in total. The van der Waals surface area contributed by atoms with Crippen molar-refractivity contribution in [3.8, 4) is 0 Å². The number of nitrogens with zero attached hydrogens (tertiary/aromatic N) is 3. The van der Waals surface area contributed by atoms with Gasteiger partial charge in [0.15, 0.2) is 0 Å². The van der Waals surface area contributed by atoms with Gasteiger partial charge in [-0.05, 0) is 19.8 Å². The molecule has 1 aromatic heterocycles. The molecule has 1 heterocycles. The topological polar surface area (TPSA) is 71.8 Å². The van der Waals surface area contributed by atoms with Gasteiger partial charge in [-0.1, -0.05) is 19.1 Å². The van der Waals surface area contributed by atoms with Crippen LogP contribution in [0.4, 0.5) is 5.82 Å². The molecule has 0 aliphatic heterocycles. The number of amides is 1. The monoisotopic (exact) mass is 239 g/mol. The average molecular weight is 239 g/mol. The number of carbonyl (C=O) groups is 1. The summed E-state index contributed by atoms with van der Waals surface area (Å²) in [5, 5.41) is 13.7. The number of hydrogen-bond acceptors (Lipinski definition) is 4. The largest absolute Gasteiger partial charge is 0.357 e. The number of nitrogens with one attached hydrogen (secondary N) is 2. The van der Waals surface area contributed by atoms with Crippen LogP contribution in [0.1, 0.15) is 33.6 Å². The summed E-state index contributed by atoms with van der Waals surface area (Å²) in [6.45, 7) is 7.43. The number of carbonyl (C=O) groups excluding carboxylic acids is 1. The Labute approximate surface area is 102 Å². The molecule has 0 spiro atoms. The summed E-state index contributed by atoms with van der Waals surface area (Å²) in [5.74, 6) is 0.780. The van der Waals surface area contributed by atoms with Gasteiger partial charge < -0.3 is 10.6 Å². The summed E-state index contributed by atoms with van der Waals surface area (Å²) < 4.78 is 1.77. The Balaban J connectivity index is 2.51. The minimum Gasteiger partial charge on any atom is -0.357 e. The van der Waals surface area contributed by atoms with E-state index in [4.69, 9.17) is 0 Å². The summed E-state index contributed by atoms with van der Waals surface area (Å²) >= 11 is 0. The van der Waals surface area contributed by atoms with E-state index < -0.39 is 0 Å². The van der Waals surface area contributed by atoms with Gasteiger partial charge in [0.05, 0.1) is 6.20 Å². The highest BCUT2D eigenvalue weighted by atomic mass is 16.2. The van der Waals surface area contributed by atoms with Crippen LogP contribution >= 0.6 is 0 Å². The maximum atomic E-state index is 11.7. The zero-order valence-electron chi connectivity index (χ0n) is 10.7. The second-order valence-corrected chi connectivity index (χ2v) is 4.00. The highest BCUT2D eigenvalue weighted by Crippen LogP contribution is 2.06. The zero-order chi connectivity index (χ0) is 12.7. The van der Waals surface area contributed by atoms with E-state index in [9.17, 15) is 4.79 Å². The Morgan fingerprint density at radius 3 is 2.88 bits per heavy atom. The van der Waals surface area contributed by atoms with Crippen LogP contribution in [-0.4, -0.2) is 33.5 Å². The van der Waals surface area contributed by atoms with Crippen LogP contribution < -0.4 is 10.6 Å². The van der Waals surface area contributed by atoms with Gasteiger partial charge in [-0.2, -0.15) is 0 Å². The lowest BCUT2D eigenvalue weighted by Crippen LogP contribution is -2.38. The number of rotatable bonds is 7. The molecule has 0 radical (unpaired) electrons. The quantitative estimate of drug-likeness (QED) is 0.745. The average Bonchev–Trinajstić information content (AvgIpc) is 2.74. The van der Waals surface area contributed by atoms with E-state index >= 15 is 0 Å². The van der Waals surface area contributed by atoms with Gasteiger partial charge in [0.1, 0.15) is 11.9 Å². The molecule has 0 aromatic carbocycles. The van der Waals surface area contributed by atoms with Crippen LogP contribution in [0.3, 0.4) is 0 Å². The molecule has 0 fully saturated rings. The molecule has 0 aliphatic rings. The first-order chi connectivity index (χ1) is 8.19. The maximum Gasteiger partial charge on any atom is 0.242 e. The Hall–Kier alpha value is -1.59. The van der Waals surface area contributed by atoms with Crippen LogP contribution in [0.2, 0.25) is 0 Å². The molecule has 1 unspecified atom stereocenters. The lowest BCUT2D eigenvalue weighted by Gasteiger charge is -2.15. The van der Waals surface area contributed by atoms with E-state index in [1.807, 2.05) is 13.8 Å². The number of aromatic nitrogens is 3. The lowest BCUT2D eigenvalue weighted by molar-refractivity contribution is -0.121. The second-order valence-electron chi connectivity index (χ2n) is 4.00. The fraction of sp³-hybridized carbons (Fsp3) is 0.727. The van der Waals surface area contributed by atoms with Crippen molar-refractivity contribution in [3.05, 3.63) is 6.20 Å². The fourth-order valence-electron chi connectivity index (χ4n) is 1.44. The van der Waals surface area contributed by atoms with Gasteiger partial charge in [0.2, 0.25) is 5.91 Å².